The van der Waals surface area contributed by atoms with E-state index in [-0.39, 0.29) is 6.61 Å². The standard InChI is InChI=1S/C13H22N4O2/c1-10-15-12(14-5-2-6-18)9-13(16-10)17-11-3-7-19-8-4-11/h9,11,18H,2-8H2,1H3,(H2,14,15,16,17). The molecule has 19 heavy (non-hydrogen) atoms. The van der Waals surface area contributed by atoms with Crippen LogP contribution in [0.3, 0.4) is 0 Å². The van der Waals surface area contributed by atoms with Crippen molar-refractivity contribution in [1.29, 1.82) is 0 Å². The lowest BCUT2D eigenvalue weighted by Crippen LogP contribution is -2.28. The quantitative estimate of drug-likeness (QED) is 0.671. The molecule has 106 valence electrons. The molecule has 0 aliphatic carbocycles. The Morgan fingerprint density at radius 2 is 2.05 bits per heavy atom. The van der Waals surface area contributed by atoms with Crippen molar-refractivity contribution in [3.8, 4) is 0 Å². The molecule has 1 aliphatic rings. The Hall–Kier alpha value is -1.40. The number of hydrogen-bond acceptors (Lipinski definition) is 6. The fourth-order valence-corrected chi connectivity index (χ4v) is 2.08. The molecule has 2 heterocycles. The van der Waals surface area contributed by atoms with Gasteiger partial charge in [-0.3, -0.25) is 0 Å². The number of rotatable bonds is 6. The molecular formula is C13H22N4O2. The maximum absolute atomic E-state index is 8.77. The van der Waals surface area contributed by atoms with E-state index in [1.165, 1.54) is 0 Å². The first kappa shape index (κ1) is 14.0. The van der Waals surface area contributed by atoms with Crippen LogP contribution in [-0.4, -0.2) is 47.5 Å². The summed E-state index contributed by atoms with van der Waals surface area (Å²) >= 11 is 0. The van der Waals surface area contributed by atoms with E-state index >= 15 is 0 Å². The fraction of sp³-hybridized carbons (Fsp3) is 0.692. The zero-order valence-electron chi connectivity index (χ0n) is 11.4. The summed E-state index contributed by atoms with van der Waals surface area (Å²) in [4.78, 5) is 8.73. The number of ether oxygens (including phenoxy) is 1. The summed E-state index contributed by atoms with van der Waals surface area (Å²) in [5, 5.41) is 15.4. The highest BCUT2D eigenvalue weighted by atomic mass is 16.5. The molecule has 3 N–H and O–H groups in total. The van der Waals surface area contributed by atoms with Gasteiger partial charge in [0, 0.05) is 38.5 Å². The van der Waals surface area contributed by atoms with Gasteiger partial charge in [-0.2, -0.15) is 0 Å². The molecular weight excluding hydrogens is 244 g/mol. The van der Waals surface area contributed by atoms with E-state index in [1.807, 2.05) is 13.0 Å². The van der Waals surface area contributed by atoms with Crippen molar-refractivity contribution in [3.05, 3.63) is 11.9 Å². The lowest BCUT2D eigenvalue weighted by atomic mass is 10.1. The Kier molecular flexibility index (Phi) is 5.35. The second-order valence-electron chi connectivity index (χ2n) is 4.72. The van der Waals surface area contributed by atoms with Crippen LogP contribution in [0.5, 0.6) is 0 Å². The molecule has 0 saturated carbocycles. The molecule has 0 aromatic carbocycles. The van der Waals surface area contributed by atoms with Gasteiger partial charge in [0.1, 0.15) is 17.5 Å². The van der Waals surface area contributed by atoms with Gasteiger partial charge >= 0.3 is 0 Å². The average Bonchev–Trinajstić information content (AvgIpc) is 2.39. The van der Waals surface area contributed by atoms with Crippen LogP contribution in [0.2, 0.25) is 0 Å². The van der Waals surface area contributed by atoms with Crippen LogP contribution >= 0.6 is 0 Å². The normalized spacial score (nSPS) is 16.3. The van der Waals surface area contributed by atoms with Gasteiger partial charge in [0.2, 0.25) is 0 Å². The first-order valence-corrected chi connectivity index (χ1v) is 6.82. The zero-order chi connectivity index (χ0) is 13.5. The van der Waals surface area contributed by atoms with Gasteiger partial charge in [0.05, 0.1) is 0 Å². The molecule has 1 saturated heterocycles. The second kappa shape index (κ2) is 7.25. The number of nitrogens with one attached hydrogen (secondary N) is 2. The summed E-state index contributed by atoms with van der Waals surface area (Å²) in [6.45, 7) is 4.40. The van der Waals surface area contributed by atoms with E-state index in [4.69, 9.17) is 9.84 Å². The number of hydrogen-bond donors (Lipinski definition) is 3. The first-order chi connectivity index (χ1) is 9.28. The SMILES string of the molecule is Cc1nc(NCCCO)cc(NC2CCOCC2)n1. The minimum absolute atomic E-state index is 0.185. The van der Waals surface area contributed by atoms with Crippen LogP contribution in [0.25, 0.3) is 0 Å². The maximum Gasteiger partial charge on any atom is 0.132 e. The summed E-state index contributed by atoms with van der Waals surface area (Å²) < 4.78 is 5.34. The van der Waals surface area contributed by atoms with Gasteiger partial charge in [-0.15, -0.1) is 0 Å². The number of aliphatic hydroxyl groups is 1. The predicted molar refractivity (Wildman–Crippen MR) is 74.4 cm³/mol. The van der Waals surface area contributed by atoms with Crippen LogP contribution in [0.1, 0.15) is 25.1 Å². The summed E-state index contributed by atoms with van der Waals surface area (Å²) in [6.07, 6.45) is 2.73. The number of anilines is 2. The van der Waals surface area contributed by atoms with Gasteiger partial charge in [0.25, 0.3) is 0 Å². The molecule has 1 aliphatic heterocycles. The largest absolute Gasteiger partial charge is 0.396 e. The smallest absolute Gasteiger partial charge is 0.132 e. The summed E-state index contributed by atoms with van der Waals surface area (Å²) in [5.41, 5.74) is 0. The van der Waals surface area contributed by atoms with Gasteiger partial charge in [-0.05, 0) is 26.2 Å². The first-order valence-electron chi connectivity index (χ1n) is 6.82. The van der Waals surface area contributed by atoms with Crippen LogP contribution in [0, 0.1) is 6.92 Å². The average molecular weight is 266 g/mol. The van der Waals surface area contributed by atoms with E-state index in [0.717, 1.165) is 43.5 Å². The topological polar surface area (TPSA) is 79.3 Å². The van der Waals surface area contributed by atoms with Crippen molar-refractivity contribution in [2.75, 3.05) is 37.0 Å². The van der Waals surface area contributed by atoms with Crippen molar-refractivity contribution < 1.29 is 9.84 Å². The molecule has 0 unspecified atom stereocenters. The number of aryl methyl sites for hydroxylation is 1. The number of aliphatic hydroxyl groups excluding tert-OH is 1. The molecule has 0 amide bonds. The third-order valence-electron chi connectivity index (χ3n) is 3.05. The highest BCUT2D eigenvalue weighted by molar-refractivity contribution is 5.48. The molecule has 0 bridgehead atoms. The van der Waals surface area contributed by atoms with Crippen molar-refractivity contribution in [2.45, 2.75) is 32.2 Å². The van der Waals surface area contributed by atoms with E-state index in [2.05, 4.69) is 20.6 Å². The van der Waals surface area contributed by atoms with E-state index < -0.39 is 0 Å². The van der Waals surface area contributed by atoms with Crippen molar-refractivity contribution in [2.24, 2.45) is 0 Å². The van der Waals surface area contributed by atoms with Gasteiger partial charge in [-0.1, -0.05) is 0 Å². The van der Waals surface area contributed by atoms with E-state index in [1.54, 1.807) is 0 Å². The minimum Gasteiger partial charge on any atom is -0.396 e. The Balaban J connectivity index is 1.95. The van der Waals surface area contributed by atoms with Crippen LogP contribution in [0.15, 0.2) is 6.07 Å². The lowest BCUT2D eigenvalue weighted by molar-refractivity contribution is 0.0904. The molecule has 1 aromatic rings. The molecule has 0 atom stereocenters. The molecule has 0 spiro atoms. The molecule has 2 rings (SSSR count). The highest BCUT2D eigenvalue weighted by Gasteiger charge is 2.14. The fourth-order valence-electron chi connectivity index (χ4n) is 2.08. The summed E-state index contributed by atoms with van der Waals surface area (Å²) in [5.74, 6) is 2.39. The van der Waals surface area contributed by atoms with E-state index in [0.29, 0.717) is 19.0 Å². The van der Waals surface area contributed by atoms with Crippen LogP contribution in [0.4, 0.5) is 11.6 Å². The Morgan fingerprint density at radius 1 is 1.32 bits per heavy atom. The maximum atomic E-state index is 8.77. The third kappa shape index (κ3) is 4.65. The second-order valence-corrected chi connectivity index (χ2v) is 4.72. The Labute approximate surface area is 113 Å². The molecule has 6 nitrogen and oxygen atoms in total. The molecule has 6 heteroatoms. The number of nitrogens with zero attached hydrogens (tertiary/aromatic N) is 2. The van der Waals surface area contributed by atoms with E-state index in [9.17, 15) is 0 Å². The Bertz CT molecular complexity index is 394. The predicted octanol–water partition coefficient (Wildman–Crippen LogP) is 1.17. The number of aromatic nitrogens is 2. The van der Waals surface area contributed by atoms with Gasteiger partial charge in [-0.25, -0.2) is 9.97 Å². The third-order valence-corrected chi connectivity index (χ3v) is 3.05. The zero-order valence-corrected chi connectivity index (χ0v) is 11.4. The lowest BCUT2D eigenvalue weighted by Gasteiger charge is -2.23. The molecule has 0 radical (unpaired) electrons. The van der Waals surface area contributed by atoms with Crippen LogP contribution < -0.4 is 10.6 Å². The highest BCUT2D eigenvalue weighted by Crippen LogP contribution is 2.16. The molecule has 1 fully saturated rings. The Morgan fingerprint density at radius 3 is 2.79 bits per heavy atom. The van der Waals surface area contributed by atoms with Gasteiger partial charge < -0.3 is 20.5 Å². The van der Waals surface area contributed by atoms with Gasteiger partial charge in [0.15, 0.2) is 0 Å². The summed E-state index contributed by atoms with van der Waals surface area (Å²) in [6, 6.07) is 2.34. The van der Waals surface area contributed by atoms with Crippen LogP contribution in [-0.2, 0) is 4.74 Å². The summed E-state index contributed by atoms with van der Waals surface area (Å²) in [7, 11) is 0. The van der Waals surface area contributed by atoms with Crippen molar-refractivity contribution in [1.82, 2.24) is 9.97 Å². The van der Waals surface area contributed by atoms with Crippen molar-refractivity contribution in [3.63, 3.8) is 0 Å². The minimum atomic E-state index is 0.185. The van der Waals surface area contributed by atoms with Crippen molar-refractivity contribution >= 4 is 11.6 Å². The molecule has 1 aromatic heterocycles. The monoisotopic (exact) mass is 266 g/mol.